The molecule has 0 radical (unpaired) electrons. The van der Waals surface area contributed by atoms with E-state index < -0.39 is 0 Å². The van der Waals surface area contributed by atoms with Crippen molar-refractivity contribution in [2.45, 2.75) is 6.92 Å². The van der Waals surface area contributed by atoms with Crippen LogP contribution in [0.25, 0.3) is 16.6 Å². The summed E-state index contributed by atoms with van der Waals surface area (Å²) >= 11 is 6.36. The average Bonchev–Trinajstić information content (AvgIpc) is 3.15. The molecule has 0 saturated heterocycles. The topological polar surface area (TPSA) is 59.8 Å². The number of pyridine rings is 1. The fraction of sp³-hybridized carbons (Fsp3) is 0.0500. The van der Waals surface area contributed by atoms with E-state index in [1.807, 2.05) is 54.1 Å². The van der Waals surface area contributed by atoms with E-state index in [9.17, 15) is 4.79 Å². The Morgan fingerprint density at radius 2 is 2.00 bits per heavy atom. The molecule has 0 saturated carbocycles. The molecule has 2 aromatic heterocycles. The molecule has 4 rings (SSSR count). The summed E-state index contributed by atoms with van der Waals surface area (Å²) in [4.78, 5) is 21.3. The van der Waals surface area contributed by atoms with Crippen LogP contribution >= 0.6 is 11.6 Å². The molecule has 2 heterocycles. The van der Waals surface area contributed by atoms with Crippen molar-refractivity contribution in [2.75, 3.05) is 5.32 Å². The minimum Gasteiger partial charge on any atom is -0.322 e. The second kappa shape index (κ2) is 6.61. The number of amides is 1. The van der Waals surface area contributed by atoms with E-state index in [0.29, 0.717) is 16.3 Å². The molecule has 0 aliphatic rings. The van der Waals surface area contributed by atoms with Gasteiger partial charge in [-0.3, -0.25) is 9.78 Å². The number of aryl methyl sites for hydroxylation is 1. The van der Waals surface area contributed by atoms with Gasteiger partial charge in [0.15, 0.2) is 0 Å². The highest BCUT2D eigenvalue weighted by Crippen LogP contribution is 2.25. The molecular formula is C20H15ClN4O. The Morgan fingerprint density at radius 3 is 2.77 bits per heavy atom. The van der Waals surface area contributed by atoms with Crippen LogP contribution in [0, 0.1) is 6.92 Å². The van der Waals surface area contributed by atoms with E-state index in [1.54, 1.807) is 24.7 Å². The first-order chi connectivity index (χ1) is 12.6. The zero-order valence-electron chi connectivity index (χ0n) is 14.0. The number of fused-ring (bicyclic) bond motifs is 1. The third kappa shape index (κ3) is 3.05. The number of nitrogens with one attached hydrogen (secondary N) is 1. The molecule has 5 nitrogen and oxygen atoms in total. The maximum atomic E-state index is 12.8. The van der Waals surface area contributed by atoms with Gasteiger partial charge in [0, 0.05) is 29.2 Å². The summed E-state index contributed by atoms with van der Waals surface area (Å²) in [6, 6.07) is 14.8. The van der Waals surface area contributed by atoms with Crippen molar-refractivity contribution >= 4 is 34.1 Å². The molecule has 0 aliphatic carbocycles. The quantitative estimate of drug-likeness (QED) is 0.577. The number of hydrogen-bond acceptors (Lipinski definition) is 3. The number of rotatable bonds is 3. The normalized spacial score (nSPS) is 10.8. The number of halogens is 1. The molecule has 0 fully saturated rings. The number of carbonyl (C=O) groups excluding carboxylic acids is 1. The van der Waals surface area contributed by atoms with Gasteiger partial charge < -0.3 is 9.88 Å². The van der Waals surface area contributed by atoms with Crippen molar-refractivity contribution in [3.05, 3.63) is 83.5 Å². The van der Waals surface area contributed by atoms with Crippen LogP contribution < -0.4 is 5.32 Å². The maximum Gasteiger partial charge on any atom is 0.256 e. The van der Waals surface area contributed by atoms with Gasteiger partial charge in [-0.2, -0.15) is 0 Å². The van der Waals surface area contributed by atoms with Crippen molar-refractivity contribution in [1.29, 1.82) is 0 Å². The number of carbonyl (C=O) groups is 1. The Bertz CT molecular complexity index is 1110. The minimum atomic E-state index is -0.196. The highest BCUT2D eigenvalue weighted by Gasteiger charge is 2.13. The summed E-state index contributed by atoms with van der Waals surface area (Å²) in [5, 5.41) is 4.26. The summed E-state index contributed by atoms with van der Waals surface area (Å²) in [6.07, 6.45) is 5.17. The molecule has 0 unspecified atom stereocenters. The lowest BCUT2D eigenvalue weighted by Gasteiger charge is -2.11. The molecule has 1 N–H and O–H groups in total. The molecular weight excluding hydrogens is 348 g/mol. The summed E-state index contributed by atoms with van der Waals surface area (Å²) in [7, 11) is 0. The van der Waals surface area contributed by atoms with Crippen molar-refractivity contribution in [1.82, 2.24) is 14.5 Å². The van der Waals surface area contributed by atoms with E-state index in [2.05, 4.69) is 15.3 Å². The first-order valence-electron chi connectivity index (χ1n) is 8.07. The van der Waals surface area contributed by atoms with Gasteiger partial charge in [0.05, 0.1) is 28.1 Å². The van der Waals surface area contributed by atoms with Gasteiger partial charge >= 0.3 is 0 Å². The van der Waals surface area contributed by atoms with Crippen LogP contribution in [0.2, 0.25) is 5.02 Å². The van der Waals surface area contributed by atoms with Crippen LogP contribution in [0.3, 0.4) is 0 Å². The summed E-state index contributed by atoms with van der Waals surface area (Å²) in [5.74, 6) is -0.196. The fourth-order valence-electron chi connectivity index (χ4n) is 2.89. The van der Waals surface area contributed by atoms with Gasteiger partial charge in [0.1, 0.15) is 0 Å². The predicted molar refractivity (Wildman–Crippen MR) is 103 cm³/mol. The molecule has 2 aromatic carbocycles. The smallest absolute Gasteiger partial charge is 0.256 e. The van der Waals surface area contributed by atoms with Gasteiger partial charge in [-0.15, -0.1) is 0 Å². The van der Waals surface area contributed by atoms with Gasteiger partial charge in [-0.05, 0) is 37.3 Å². The molecule has 0 aliphatic heterocycles. The zero-order chi connectivity index (χ0) is 18.1. The lowest BCUT2D eigenvalue weighted by atomic mass is 10.1. The third-order valence-electron chi connectivity index (χ3n) is 4.08. The monoisotopic (exact) mass is 362 g/mol. The van der Waals surface area contributed by atoms with Crippen LogP contribution in [0.1, 0.15) is 16.1 Å². The number of nitrogens with zero attached hydrogens (tertiary/aromatic N) is 3. The molecule has 4 aromatic rings. The molecule has 6 heteroatoms. The van der Waals surface area contributed by atoms with Crippen LogP contribution in [-0.2, 0) is 0 Å². The standard InChI is InChI=1S/C20H15ClN4O/c1-13-10-16(15-4-2-3-5-18(15)23-13)20(26)24-14-6-7-19(17(21)11-14)25-9-8-22-12-25/h2-12H,1H3,(H,24,26). The molecule has 0 atom stereocenters. The zero-order valence-corrected chi connectivity index (χ0v) is 14.7. The highest BCUT2D eigenvalue weighted by molar-refractivity contribution is 6.32. The SMILES string of the molecule is Cc1cc(C(=O)Nc2ccc(-n3ccnc3)c(Cl)c2)c2ccccc2n1. The number of aromatic nitrogens is 3. The molecule has 26 heavy (non-hydrogen) atoms. The number of anilines is 1. The summed E-state index contributed by atoms with van der Waals surface area (Å²) < 4.78 is 1.81. The van der Waals surface area contributed by atoms with Crippen LogP contribution in [0.5, 0.6) is 0 Å². The van der Waals surface area contributed by atoms with E-state index in [0.717, 1.165) is 22.3 Å². The first kappa shape index (κ1) is 16.3. The molecule has 128 valence electrons. The van der Waals surface area contributed by atoms with E-state index in [1.165, 1.54) is 0 Å². The number of hydrogen-bond donors (Lipinski definition) is 1. The molecule has 0 bridgehead atoms. The number of benzene rings is 2. The summed E-state index contributed by atoms with van der Waals surface area (Å²) in [5.41, 5.74) is 3.60. The van der Waals surface area contributed by atoms with E-state index in [-0.39, 0.29) is 5.91 Å². The number of imidazole rings is 1. The summed E-state index contributed by atoms with van der Waals surface area (Å²) in [6.45, 7) is 1.88. The van der Waals surface area contributed by atoms with Gasteiger partial charge in [-0.25, -0.2) is 4.98 Å². The maximum absolute atomic E-state index is 12.8. The molecule has 0 spiro atoms. The average molecular weight is 363 g/mol. The Balaban J connectivity index is 1.66. The Kier molecular flexibility index (Phi) is 4.14. The highest BCUT2D eigenvalue weighted by atomic mass is 35.5. The minimum absolute atomic E-state index is 0.196. The van der Waals surface area contributed by atoms with Crippen molar-refractivity contribution in [3.63, 3.8) is 0 Å². The van der Waals surface area contributed by atoms with Crippen molar-refractivity contribution < 1.29 is 4.79 Å². The molecule has 1 amide bonds. The Morgan fingerprint density at radius 1 is 1.15 bits per heavy atom. The van der Waals surface area contributed by atoms with Crippen LogP contribution in [0.4, 0.5) is 5.69 Å². The van der Waals surface area contributed by atoms with Gasteiger partial charge in [-0.1, -0.05) is 29.8 Å². The Labute approximate surface area is 155 Å². The van der Waals surface area contributed by atoms with Crippen LogP contribution in [-0.4, -0.2) is 20.4 Å². The second-order valence-electron chi connectivity index (χ2n) is 5.92. The second-order valence-corrected chi connectivity index (χ2v) is 6.33. The van der Waals surface area contributed by atoms with Gasteiger partial charge in [0.2, 0.25) is 0 Å². The van der Waals surface area contributed by atoms with Crippen molar-refractivity contribution in [3.8, 4) is 5.69 Å². The third-order valence-corrected chi connectivity index (χ3v) is 4.38. The predicted octanol–water partition coefficient (Wildman–Crippen LogP) is 4.63. The lowest BCUT2D eigenvalue weighted by molar-refractivity contribution is 0.102. The van der Waals surface area contributed by atoms with Crippen LogP contribution in [0.15, 0.2) is 67.3 Å². The lowest BCUT2D eigenvalue weighted by Crippen LogP contribution is -2.13. The van der Waals surface area contributed by atoms with E-state index >= 15 is 0 Å². The van der Waals surface area contributed by atoms with Crippen molar-refractivity contribution in [2.24, 2.45) is 0 Å². The fourth-order valence-corrected chi connectivity index (χ4v) is 3.17. The largest absolute Gasteiger partial charge is 0.322 e. The Hall–Kier alpha value is -3.18. The van der Waals surface area contributed by atoms with Gasteiger partial charge in [0.25, 0.3) is 5.91 Å². The number of para-hydroxylation sites is 1. The van der Waals surface area contributed by atoms with E-state index in [4.69, 9.17) is 11.6 Å². The first-order valence-corrected chi connectivity index (χ1v) is 8.45.